The topological polar surface area (TPSA) is 66.8 Å². The lowest BCUT2D eigenvalue weighted by atomic mass is 10.1. The van der Waals surface area contributed by atoms with Gasteiger partial charge in [-0.1, -0.05) is 46.0 Å². The Labute approximate surface area is 212 Å². The van der Waals surface area contributed by atoms with Crippen molar-refractivity contribution in [2.45, 2.75) is 46.7 Å². The molecule has 0 aliphatic carbocycles. The van der Waals surface area contributed by atoms with E-state index in [-0.39, 0.29) is 5.82 Å². The highest BCUT2D eigenvalue weighted by Gasteiger charge is 2.22. The highest BCUT2D eigenvalue weighted by Crippen LogP contribution is 2.26. The Balaban J connectivity index is 1.49. The Morgan fingerprint density at radius 1 is 1.29 bits per heavy atom. The summed E-state index contributed by atoms with van der Waals surface area (Å²) in [6.45, 7) is 8.07. The molecule has 1 unspecified atom stereocenters. The van der Waals surface area contributed by atoms with Crippen LogP contribution in [-0.2, 0) is 19.5 Å². The third kappa shape index (κ3) is 6.00. The molecule has 0 saturated carbocycles. The van der Waals surface area contributed by atoms with Crippen LogP contribution in [0.4, 0.5) is 16.0 Å². The van der Waals surface area contributed by atoms with Crippen molar-refractivity contribution < 1.29 is 4.39 Å². The number of aromatic nitrogens is 4. The van der Waals surface area contributed by atoms with Crippen molar-refractivity contribution >= 4 is 43.1 Å². The minimum Gasteiger partial charge on any atom is -0.365 e. The molecule has 4 rings (SSSR count). The van der Waals surface area contributed by atoms with E-state index in [9.17, 15) is 0 Å². The van der Waals surface area contributed by atoms with Gasteiger partial charge in [-0.25, -0.2) is 19.3 Å². The summed E-state index contributed by atoms with van der Waals surface area (Å²) in [6, 6.07) is 1.53. The van der Waals surface area contributed by atoms with Crippen molar-refractivity contribution in [1.82, 2.24) is 19.9 Å². The van der Waals surface area contributed by atoms with Crippen molar-refractivity contribution in [2.75, 3.05) is 16.8 Å². The lowest BCUT2D eigenvalue weighted by Crippen LogP contribution is -2.33. The van der Waals surface area contributed by atoms with E-state index in [0.717, 1.165) is 53.8 Å². The van der Waals surface area contributed by atoms with Crippen LogP contribution in [-0.4, -0.2) is 26.5 Å². The highest BCUT2D eigenvalue weighted by molar-refractivity contribution is 7.28. The average molecular weight is 509 g/mol. The standard InChI is InChI=1S/C26H30FN6PS/c1-4-6-17(3)10-19(7-5-2)23-20(27)11-18(12-28-23)13-29-25-24(34)26(31-15-30-25)33-9-8-21-22(14-33)35-16-32-21/h5-7,10-12,15-16H,4,8-9,13-14,34H2,1-3H3,(H,29,30,31)/b7-5-,17-6+,19-10+. The van der Waals surface area contributed by atoms with Crippen LogP contribution in [0, 0.1) is 5.82 Å². The zero-order valence-electron chi connectivity index (χ0n) is 20.3. The third-order valence-corrected chi connectivity index (χ3v) is 7.12. The minimum absolute atomic E-state index is 0.346. The second-order valence-corrected chi connectivity index (χ2v) is 9.85. The van der Waals surface area contributed by atoms with Gasteiger partial charge in [0.1, 0.15) is 29.5 Å². The monoisotopic (exact) mass is 508 g/mol. The largest absolute Gasteiger partial charge is 0.365 e. The van der Waals surface area contributed by atoms with Crippen LogP contribution < -0.4 is 15.5 Å². The molecule has 0 amide bonds. The average Bonchev–Trinajstić information content (AvgIpc) is 3.31. The molecule has 35 heavy (non-hydrogen) atoms. The Kier molecular flexibility index (Phi) is 8.37. The van der Waals surface area contributed by atoms with E-state index in [1.807, 2.05) is 37.6 Å². The first-order valence-electron chi connectivity index (χ1n) is 11.7. The van der Waals surface area contributed by atoms with E-state index in [4.69, 9.17) is 0 Å². The van der Waals surface area contributed by atoms with Crippen molar-refractivity contribution in [2.24, 2.45) is 0 Å². The molecule has 0 spiro atoms. The molecular weight excluding hydrogens is 478 g/mol. The molecule has 3 aromatic heterocycles. The number of nitrogens with one attached hydrogen (secondary N) is 1. The van der Waals surface area contributed by atoms with Crippen LogP contribution in [0.5, 0.6) is 0 Å². The fourth-order valence-corrected chi connectivity index (χ4v) is 5.31. The summed E-state index contributed by atoms with van der Waals surface area (Å²) >= 11 is 1.68. The van der Waals surface area contributed by atoms with Gasteiger partial charge in [-0.05, 0) is 31.9 Å². The van der Waals surface area contributed by atoms with E-state index in [0.29, 0.717) is 18.1 Å². The molecule has 182 valence electrons. The van der Waals surface area contributed by atoms with Gasteiger partial charge in [0.05, 0.1) is 23.1 Å². The van der Waals surface area contributed by atoms with Gasteiger partial charge in [-0.3, -0.25) is 4.98 Å². The molecule has 0 bridgehead atoms. The molecule has 0 saturated heterocycles. The number of thiazole rings is 1. The zero-order valence-corrected chi connectivity index (χ0v) is 22.2. The normalized spacial score (nSPS) is 14.5. The number of anilines is 2. The summed E-state index contributed by atoms with van der Waals surface area (Å²) in [6.07, 6.45) is 13.0. The van der Waals surface area contributed by atoms with Crippen LogP contribution in [0.1, 0.15) is 49.0 Å². The molecule has 0 fully saturated rings. The number of halogens is 1. The first-order valence-corrected chi connectivity index (χ1v) is 13.1. The van der Waals surface area contributed by atoms with Gasteiger partial charge in [0, 0.05) is 36.2 Å². The van der Waals surface area contributed by atoms with Gasteiger partial charge < -0.3 is 10.2 Å². The van der Waals surface area contributed by atoms with Crippen LogP contribution in [0.2, 0.25) is 0 Å². The summed E-state index contributed by atoms with van der Waals surface area (Å²) in [5.41, 5.74) is 6.01. The molecule has 9 heteroatoms. The molecule has 6 nitrogen and oxygen atoms in total. The van der Waals surface area contributed by atoms with Crippen LogP contribution in [0.15, 0.2) is 54.0 Å². The number of rotatable bonds is 8. The second kappa shape index (κ2) is 11.6. The van der Waals surface area contributed by atoms with E-state index in [1.165, 1.54) is 16.6 Å². The highest BCUT2D eigenvalue weighted by atomic mass is 32.1. The molecule has 3 aromatic rings. The number of nitrogens with zero attached hydrogens (tertiary/aromatic N) is 5. The maximum atomic E-state index is 15.0. The van der Waals surface area contributed by atoms with E-state index >= 15 is 4.39 Å². The van der Waals surface area contributed by atoms with Gasteiger partial charge >= 0.3 is 0 Å². The Morgan fingerprint density at radius 2 is 2.14 bits per heavy atom. The first kappa shape index (κ1) is 25.1. The summed E-state index contributed by atoms with van der Waals surface area (Å²) < 4.78 is 15.0. The maximum absolute atomic E-state index is 15.0. The number of allylic oxidation sites excluding steroid dienone is 6. The molecule has 1 atom stereocenters. The fraction of sp³-hybridized carbons (Fsp3) is 0.308. The predicted octanol–water partition coefficient (Wildman–Crippen LogP) is 5.46. The second-order valence-electron chi connectivity index (χ2n) is 8.34. The molecular formula is C26H30FN6PS. The Bertz CT molecular complexity index is 1280. The van der Waals surface area contributed by atoms with Crippen molar-refractivity contribution in [3.8, 4) is 0 Å². The summed E-state index contributed by atoms with van der Waals surface area (Å²) in [7, 11) is 2.75. The first-order chi connectivity index (χ1) is 17.0. The Morgan fingerprint density at radius 3 is 2.91 bits per heavy atom. The van der Waals surface area contributed by atoms with Gasteiger partial charge in [0.25, 0.3) is 0 Å². The minimum atomic E-state index is -0.346. The summed E-state index contributed by atoms with van der Waals surface area (Å²) in [4.78, 5) is 21.3. The van der Waals surface area contributed by atoms with Gasteiger partial charge in [0.2, 0.25) is 0 Å². The van der Waals surface area contributed by atoms with Gasteiger partial charge in [0.15, 0.2) is 0 Å². The van der Waals surface area contributed by atoms with Crippen molar-refractivity contribution in [3.63, 3.8) is 0 Å². The van der Waals surface area contributed by atoms with Crippen LogP contribution >= 0.6 is 20.6 Å². The number of fused-ring (bicyclic) bond motifs is 1. The number of hydrogen-bond donors (Lipinski definition) is 1. The lowest BCUT2D eigenvalue weighted by Gasteiger charge is -2.28. The third-order valence-electron chi connectivity index (χ3n) is 5.73. The van der Waals surface area contributed by atoms with Gasteiger partial charge in [-0.15, -0.1) is 11.3 Å². The SMILES string of the molecule is C\C=C/C(=C\C(C)=C\CC)c1ncc(CNc2ncnc(N3CCc4ncsc4C3)c2P)cc1F. The molecule has 1 aliphatic heterocycles. The van der Waals surface area contributed by atoms with E-state index < -0.39 is 0 Å². The number of hydrogen-bond acceptors (Lipinski definition) is 7. The smallest absolute Gasteiger partial charge is 0.149 e. The molecule has 0 radical (unpaired) electrons. The fourth-order valence-electron chi connectivity index (χ4n) is 4.05. The van der Waals surface area contributed by atoms with Crippen molar-refractivity contribution in [3.05, 3.63) is 81.6 Å². The van der Waals surface area contributed by atoms with Crippen LogP contribution in [0.3, 0.4) is 0 Å². The lowest BCUT2D eigenvalue weighted by molar-refractivity contribution is 0.614. The van der Waals surface area contributed by atoms with Crippen molar-refractivity contribution in [1.29, 1.82) is 0 Å². The summed E-state index contributed by atoms with van der Waals surface area (Å²) in [5, 5.41) is 4.21. The summed E-state index contributed by atoms with van der Waals surface area (Å²) in [5.74, 6) is 1.23. The number of pyridine rings is 1. The van der Waals surface area contributed by atoms with E-state index in [2.05, 4.69) is 52.4 Å². The molecule has 0 aromatic carbocycles. The molecule has 1 aliphatic rings. The maximum Gasteiger partial charge on any atom is 0.149 e. The molecule has 4 heterocycles. The quantitative estimate of drug-likeness (QED) is 0.322. The Hall–Kier alpha value is -2.96. The molecule has 1 N–H and O–H groups in total. The van der Waals surface area contributed by atoms with E-state index in [1.54, 1.807) is 23.9 Å². The zero-order chi connectivity index (χ0) is 24.8. The predicted molar refractivity (Wildman–Crippen MR) is 147 cm³/mol. The van der Waals surface area contributed by atoms with Gasteiger partial charge in [-0.2, -0.15) is 0 Å². The van der Waals surface area contributed by atoms with Crippen LogP contribution in [0.25, 0.3) is 5.57 Å².